The summed E-state index contributed by atoms with van der Waals surface area (Å²) >= 11 is 0. The minimum atomic E-state index is -0.418. The van der Waals surface area contributed by atoms with E-state index in [-0.39, 0.29) is 11.3 Å². The maximum atomic E-state index is 11.7. The predicted molar refractivity (Wildman–Crippen MR) is 65.0 cm³/mol. The molecule has 0 aliphatic rings. The first-order valence-electron chi connectivity index (χ1n) is 5.01. The van der Waals surface area contributed by atoms with E-state index in [2.05, 4.69) is 15.5 Å². The number of hydrogen-bond donors (Lipinski definition) is 4. The maximum Gasteiger partial charge on any atom is 0.273 e. The van der Waals surface area contributed by atoms with Crippen molar-refractivity contribution in [2.45, 2.75) is 6.92 Å². The molecule has 1 heterocycles. The van der Waals surface area contributed by atoms with Gasteiger partial charge in [-0.1, -0.05) is 6.07 Å². The number of nitrogen functional groups attached to an aromatic ring is 1. The summed E-state index contributed by atoms with van der Waals surface area (Å²) in [6.07, 6.45) is 0. The quantitative estimate of drug-likeness (QED) is 0.577. The third kappa shape index (κ3) is 2.36. The zero-order valence-corrected chi connectivity index (χ0v) is 9.20. The number of benzene rings is 1. The van der Waals surface area contributed by atoms with Crippen molar-refractivity contribution in [3.63, 3.8) is 0 Å². The van der Waals surface area contributed by atoms with Crippen LogP contribution in [-0.2, 0) is 0 Å². The van der Waals surface area contributed by atoms with Gasteiger partial charge in [-0.3, -0.25) is 19.8 Å². The molecule has 6 heteroatoms. The van der Waals surface area contributed by atoms with E-state index in [1.165, 1.54) is 6.07 Å². The molecule has 0 atom stereocenters. The van der Waals surface area contributed by atoms with E-state index in [4.69, 9.17) is 5.73 Å². The third-order valence-corrected chi connectivity index (χ3v) is 2.30. The summed E-state index contributed by atoms with van der Waals surface area (Å²) in [6.45, 7) is 1.91. The molecule has 0 radical (unpaired) electrons. The largest absolute Gasteiger partial charge is 0.397 e. The first kappa shape index (κ1) is 11.0. The van der Waals surface area contributed by atoms with Crippen molar-refractivity contribution in [3.05, 3.63) is 45.9 Å². The number of amides is 1. The van der Waals surface area contributed by atoms with Crippen LogP contribution >= 0.6 is 0 Å². The van der Waals surface area contributed by atoms with Gasteiger partial charge in [0.1, 0.15) is 5.69 Å². The van der Waals surface area contributed by atoms with E-state index in [0.29, 0.717) is 11.4 Å². The fourth-order valence-electron chi connectivity index (χ4n) is 1.44. The SMILES string of the molecule is Cc1ccc(NC(=O)c2cc(=O)[nH][nH]2)c(N)c1. The Morgan fingerprint density at radius 1 is 1.29 bits per heavy atom. The summed E-state index contributed by atoms with van der Waals surface area (Å²) in [5, 5.41) is 7.37. The standard InChI is InChI=1S/C11H12N4O2/c1-6-2-3-8(7(12)4-6)13-11(17)9-5-10(16)15-14-9/h2-5H,12H2,1H3,(H,13,17)(H2,14,15,16). The Hall–Kier alpha value is -2.50. The smallest absolute Gasteiger partial charge is 0.273 e. The molecule has 0 bridgehead atoms. The summed E-state index contributed by atoms with van der Waals surface area (Å²) in [5.41, 5.74) is 7.57. The molecular formula is C11H12N4O2. The van der Waals surface area contributed by atoms with Crippen molar-refractivity contribution in [2.24, 2.45) is 0 Å². The Balaban J connectivity index is 2.21. The fourth-order valence-corrected chi connectivity index (χ4v) is 1.44. The second kappa shape index (κ2) is 4.17. The van der Waals surface area contributed by atoms with Crippen LogP contribution in [0.2, 0.25) is 0 Å². The van der Waals surface area contributed by atoms with Crippen LogP contribution in [0.3, 0.4) is 0 Å². The highest BCUT2D eigenvalue weighted by Gasteiger charge is 2.09. The van der Waals surface area contributed by atoms with Gasteiger partial charge in [0.25, 0.3) is 11.5 Å². The number of H-pyrrole nitrogens is 2. The molecule has 0 saturated carbocycles. The van der Waals surface area contributed by atoms with Crippen LogP contribution in [0, 0.1) is 6.92 Å². The Morgan fingerprint density at radius 2 is 2.06 bits per heavy atom. The lowest BCUT2D eigenvalue weighted by molar-refractivity contribution is 0.102. The van der Waals surface area contributed by atoms with E-state index < -0.39 is 5.91 Å². The number of rotatable bonds is 2. The summed E-state index contributed by atoms with van der Waals surface area (Å²) in [4.78, 5) is 22.6. The van der Waals surface area contributed by atoms with Gasteiger partial charge in [0.2, 0.25) is 0 Å². The number of aromatic nitrogens is 2. The lowest BCUT2D eigenvalue weighted by Gasteiger charge is -2.07. The van der Waals surface area contributed by atoms with Gasteiger partial charge in [-0.15, -0.1) is 0 Å². The minimum Gasteiger partial charge on any atom is -0.397 e. The van der Waals surface area contributed by atoms with Gasteiger partial charge in [-0.2, -0.15) is 0 Å². The highest BCUT2D eigenvalue weighted by Crippen LogP contribution is 2.19. The van der Waals surface area contributed by atoms with Gasteiger partial charge >= 0.3 is 0 Å². The zero-order valence-electron chi connectivity index (χ0n) is 9.20. The summed E-state index contributed by atoms with van der Waals surface area (Å²) in [6, 6.07) is 6.49. The summed E-state index contributed by atoms with van der Waals surface area (Å²) in [5.74, 6) is -0.418. The number of carbonyl (C=O) groups is 1. The monoisotopic (exact) mass is 232 g/mol. The number of nitrogens with two attached hydrogens (primary N) is 1. The molecule has 1 aromatic carbocycles. The second-order valence-electron chi connectivity index (χ2n) is 3.72. The average molecular weight is 232 g/mol. The maximum absolute atomic E-state index is 11.7. The molecule has 1 aromatic heterocycles. The van der Waals surface area contributed by atoms with E-state index in [1.54, 1.807) is 12.1 Å². The topological polar surface area (TPSA) is 104 Å². The van der Waals surface area contributed by atoms with Gasteiger partial charge in [0, 0.05) is 6.07 Å². The van der Waals surface area contributed by atoms with Crippen LogP contribution < -0.4 is 16.6 Å². The lowest BCUT2D eigenvalue weighted by Crippen LogP contribution is -2.13. The molecule has 5 N–H and O–H groups in total. The number of nitrogens with one attached hydrogen (secondary N) is 3. The average Bonchev–Trinajstić information content (AvgIpc) is 2.69. The van der Waals surface area contributed by atoms with Crippen LogP contribution in [0.15, 0.2) is 29.1 Å². The Bertz CT molecular complexity index is 612. The number of hydrogen-bond acceptors (Lipinski definition) is 3. The fraction of sp³-hybridized carbons (Fsp3) is 0.0909. The number of aromatic amines is 2. The van der Waals surface area contributed by atoms with Crippen molar-refractivity contribution < 1.29 is 4.79 Å². The molecule has 0 saturated heterocycles. The molecule has 6 nitrogen and oxygen atoms in total. The Kier molecular flexibility index (Phi) is 2.70. The van der Waals surface area contributed by atoms with Crippen LogP contribution in [-0.4, -0.2) is 16.1 Å². The van der Waals surface area contributed by atoms with Crippen LogP contribution in [0.5, 0.6) is 0 Å². The van der Waals surface area contributed by atoms with Gasteiger partial charge in [0.05, 0.1) is 11.4 Å². The van der Waals surface area contributed by atoms with Crippen molar-refractivity contribution in [1.82, 2.24) is 10.2 Å². The van der Waals surface area contributed by atoms with Crippen LogP contribution in [0.1, 0.15) is 16.1 Å². The first-order chi connectivity index (χ1) is 8.06. The van der Waals surface area contributed by atoms with Crippen molar-refractivity contribution in [1.29, 1.82) is 0 Å². The van der Waals surface area contributed by atoms with Crippen molar-refractivity contribution in [3.8, 4) is 0 Å². The third-order valence-electron chi connectivity index (χ3n) is 2.30. The molecule has 0 spiro atoms. The summed E-state index contributed by atoms with van der Waals surface area (Å²) < 4.78 is 0. The van der Waals surface area contributed by atoms with E-state index >= 15 is 0 Å². The van der Waals surface area contributed by atoms with E-state index in [1.807, 2.05) is 13.0 Å². The normalized spacial score (nSPS) is 10.2. The molecule has 2 rings (SSSR count). The lowest BCUT2D eigenvalue weighted by atomic mass is 10.2. The van der Waals surface area contributed by atoms with Crippen molar-refractivity contribution in [2.75, 3.05) is 11.1 Å². The van der Waals surface area contributed by atoms with E-state index in [9.17, 15) is 9.59 Å². The molecule has 0 unspecified atom stereocenters. The van der Waals surface area contributed by atoms with Gasteiger partial charge in [0.15, 0.2) is 0 Å². The van der Waals surface area contributed by atoms with Crippen LogP contribution in [0.25, 0.3) is 0 Å². The number of aryl methyl sites for hydroxylation is 1. The van der Waals surface area contributed by atoms with Gasteiger partial charge < -0.3 is 11.1 Å². The molecule has 17 heavy (non-hydrogen) atoms. The number of carbonyl (C=O) groups excluding carboxylic acids is 1. The Morgan fingerprint density at radius 3 is 2.65 bits per heavy atom. The van der Waals surface area contributed by atoms with E-state index in [0.717, 1.165) is 5.56 Å². The van der Waals surface area contributed by atoms with Gasteiger partial charge in [-0.05, 0) is 24.6 Å². The molecule has 0 aliphatic heterocycles. The first-order valence-corrected chi connectivity index (χ1v) is 5.01. The molecule has 2 aromatic rings. The summed E-state index contributed by atoms with van der Waals surface area (Å²) in [7, 11) is 0. The molecule has 88 valence electrons. The molecular weight excluding hydrogens is 220 g/mol. The molecule has 0 aliphatic carbocycles. The highest BCUT2D eigenvalue weighted by atomic mass is 16.2. The van der Waals surface area contributed by atoms with Crippen molar-refractivity contribution >= 4 is 17.3 Å². The van der Waals surface area contributed by atoms with Gasteiger partial charge in [-0.25, -0.2) is 0 Å². The highest BCUT2D eigenvalue weighted by molar-refractivity contribution is 6.04. The predicted octanol–water partition coefficient (Wildman–Crippen LogP) is 0.846. The Labute approximate surface area is 96.8 Å². The minimum absolute atomic E-state index is 0.162. The second-order valence-corrected chi connectivity index (χ2v) is 3.72. The number of anilines is 2. The molecule has 0 fully saturated rings. The van der Waals surface area contributed by atoms with Crippen LogP contribution in [0.4, 0.5) is 11.4 Å². The molecule has 1 amide bonds. The zero-order chi connectivity index (χ0) is 12.4.